The van der Waals surface area contributed by atoms with Crippen LogP contribution >= 0.6 is 7.60 Å². The van der Waals surface area contributed by atoms with Crippen molar-refractivity contribution in [1.29, 1.82) is 0 Å². The molecule has 0 bridgehead atoms. The topological polar surface area (TPSA) is 197 Å². The minimum Gasteiger partial charge on any atom is -0.387 e. The highest BCUT2D eigenvalue weighted by molar-refractivity contribution is 7.97. The van der Waals surface area contributed by atoms with E-state index in [1.54, 1.807) is 0 Å². The van der Waals surface area contributed by atoms with E-state index in [9.17, 15) is 23.2 Å². The molecule has 2 saturated carbocycles. The maximum atomic E-state index is 12.2. The van der Waals surface area contributed by atoms with E-state index < -0.39 is 53.2 Å². The molecule has 2 aliphatic carbocycles. The Hall–Kier alpha value is -2.11. The first-order chi connectivity index (χ1) is 17.3. The molecule has 13 nitrogen and oxygen atoms in total. The van der Waals surface area contributed by atoms with Crippen LogP contribution in [-0.4, -0.2) is 84.0 Å². The third-order valence-electron chi connectivity index (χ3n) is 7.00. The van der Waals surface area contributed by atoms with Gasteiger partial charge in [-0.15, -0.1) is 5.10 Å². The van der Waals surface area contributed by atoms with Gasteiger partial charge < -0.3 is 30.1 Å². The van der Waals surface area contributed by atoms with E-state index >= 15 is 0 Å². The third-order valence-corrected chi connectivity index (χ3v) is 10.8. The molecule has 0 unspecified atom stereocenters. The second-order valence-electron chi connectivity index (χ2n) is 10.4. The second-order valence-corrected chi connectivity index (χ2v) is 14.6. The van der Waals surface area contributed by atoms with Crippen molar-refractivity contribution in [3.8, 4) is 11.8 Å². The standard InChI is InChI=1S/C22H30N5O8PS/c1-22(8-9-22)7-6-14-10-15(23-13-4-2-3-5-13)17-20(24-14)27(26-25-17)21-19(29)18(28)16(35-21)11-37(33,34)12-36(30,31)32/h10,13,16,18-19,21,28-29H,2-5,8-9,11-12H2,1H3,(H,23,24)(H2,30,31,32)/t16-,18-,19-,21-/m1/s1. The first-order valence-electron chi connectivity index (χ1n) is 12.1. The first-order valence-corrected chi connectivity index (χ1v) is 15.8. The number of anilines is 1. The van der Waals surface area contributed by atoms with Gasteiger partial charge in [-0.3, -0.25) is 4.57 Å². The van der Waals surface area contributed by atoms with E-state index in [0.29, 0.717) is 16.9 Å². The van der Waals surface area contributed by atoms with Gasteiger partial charge in [0.05, 0.1) is 11.4 Å². The minimum absolute atomic E-state index is 0.0329. The lowest BCUT2D eigenvalue weighted by Gasteiger charge is -2.16. The molecule has 4 atom stereocenters. The van der Waals surface area contributed by atoms with Crippen LogP contribution in [0.1, 0.15) is 57.4 Å². The number of aliphatic hydroxyl groups excluding tert-OH is 2. The number of aliphatic hydroxyl groups is 2. The lowest BCUT2D eigenvalue weighted by molar-refractivity contribution is -0.0375. The van der Waals surface area contributed by atoms with Crippen molar-refractivity contribution in [2.75, 3.05) is 16.6 Å². The Kier molecular flexibility index (Phi) is 6.85. The Morgan fingerprint density at radius 3 is 2.59 bits per heavy atom. The maximum Gasteiger partial charge on any atom is 0.340 e. The fourth-order valence-corrected chi connectivity index (χ4v) is 7.96. The second kappa shape index (κ2) is 9.57. The molecule has 202 valence electrons. The van der Waals surface area contributed by atoms with Crippen LogP contribution in [0.3, 0.4) is 0 Å². The molecule has 2 aromatic rings. The Morgan fingerprint density at radius 1 is 1.24 bits per heavy atom. The van der Waals surface area contributed by atoms with Gasteiger partial charge in [0.15, 0.2) is 32.7 Å². The molecular weight excluding hydrogens is 525 g/mol. The lowest BCUT2D eigenvalue weighted by atomic mass is 10.1. The van der Waals surface area contributed by atoms with E-state index in [0.717, 1.165) is 38.5 Å². The van der Waals surface area contributed by atoms with E-state index in [4.69, 9.17) is 14.5 Å². The normalized spacial score (nSPS) is 27.8. The zero-order valence-corrected chi connectivity index (χ0v) is 21.9. The molecule has 37 heavy (non-hydrogen) atoms. The Labute approximate surface area is 213 Å². The Bertz CT molecular complexity index is 1400. The number of rotatable bonds is 7. The molecule has 0 radical (unpaired) electrons. The fourth-order valence-electron chi connectivity index (χ4n) is 4.71. The van der Waals surface area contributed by atoms with Crippen LogP contribution in [-0.2, 0) is 19.1 Å². The summed E-state index contributed by atoms with van der Waals surface area (Å²) >= 11 is 0. The third kappa shape index (κ3) is 5.98. The highest BCUT2D eigenvalue weighted by Gasteiger charge is 2.47. The number of pyridine rings is 1. The summed E-state index contributed by atoms with van der Waals surface area (Å²) in [5.41, 5.74) is 0.384. The number of nitrogens with one attached hydrogen (secondary N) is 1. The molecule has 1 aliphatic heterocycles. The van der Waals surface area contributed by atoms with Gasteiger partial charge in [0.25, 0.3) is 0 Å². The smallest absolute Gasteiger partial charge is 0.340 e. The summed E-state index contributed by atoms with van der Waals surface area (Å²) in [7, 11) is -9.16. The number of ether oxygens (including phenoxy) is 1. The monoisotopic (exact) mass is 555 g/mol. The van der Waals surface area contributed by atoms with E-state index in [1.165, 1.54) is 4.68 Å². The van der Waals surface area contributed by atoms with E-state index in [1.807, 2.05) is 6.07 Å². The molecule has 0 spiro atoms. The van der Waals surface area contributed by atoms with Crippen LogP contribution in [0.2, 0.25) is 0 Å². The van der Waals surface area contributed by atoms with Crippen molar-refractivity contribution in [2.45, 2.75) is 76.0 Å². The van der Waals surface area contributed by atoms with Gasteiger partial charge in [-0.2, -0.15) is 4.68 Å². The quantitative estimate of drug-likeness (QED) is 0.235. The summed E-state index contributed by atoms with van der Waals surface area (Å²) < 4.78 is 42.5. The van der Waals surface area contributed by atoms with Gasteiger partial charge in [-0.25, -0.2) is 13.4 Å². The molecule has 5 N–H and O–H groups in total. The fraction of sp³-hybridized carbons (Fsp3) is 0.682. The molecule has 3 fully saturated rings. The SMILES string of the molecule is CC1(C#Cc2cc(NC3CCCC3)c3nnn([C@@H]4O[C@H](CS(=O)(=O)CP(=O)(O)O)[C@@H](O)[C@H]4O)c3n2)CC1. The van der Waals surface area contributed by atoms with Crippen LogP contribution in [0.15, 0.2) is 6.07 Å². The number of sulfone groups is 1. The largest absolute Gasteiger partial charge is 0.387 e. The molecule has 0 aromatic carbocycles. The van der Waals surface area contributed by atoms with Crippen LogP contribution in [0, 0.1) is 17.3 Å². The van der Waals surface area contributed by atoms with E-state index in [-0.39, 0.29) is 17.1 Å². The van der Waals surface area contributed by atoms with Crippen molar-refractivity contribution in [2.24, 2.45) is 5.41 Å². The highest BCUT2D eigenvalue weighted by atomic mass is 32.2. The lowest BCUT2D eigenvalue weighted by Crippen LogP contribution is -2.36. The predicted molar refractivity (Wildman–Crippen MR) is 132 cm³/mol. The number of hydrogen-bond acceptors (Lipinski definition) is 10. The zero-order chi connectivity index (χ0) is 26.6. The summed E-state index contributed by atoms with van der Waals surface area (Å²) in [4.78, 5) is 22.7. The molecule has 3 heterocycles. The van der Waals surface area contributed by atoms with Crippen molar-refractivity contribution < 1.29 is 37.7 Å². The average molecular weight is 556 g/mol. The van der Waals surface area contributed by atoms with Gasteiger partial charge in [-0.05, 0) is 44.6 Å². The molecule has 15 heteroatoms. The van der Waals surface area contributed by atoms with Gasteiger partial charge in [-0.1, -0.05) is 24.0 Å². The summed E-state index contributed by atoms with van der Waals surface area (Å²) in [6.45, 7) is 2.08. The Balaban J connectivity index is 1.47. The number of aromatic nitrogens is 4. The molecule has 0 amide bonds. The molecule has 5 rings (SSSR count). The van der Waals surface area contributed by atoms with Crippen LogP contribution in [0.4, 0.5) is 5.69 Å². The van der Waals surface area contributed by atoms with Gasteiger partial charge >= 0.3 is 7.60 Å². The van der Waals surface area contributed by atoms with Gasteiger partial charge in [0, 0.05) is 11.5 Å². The average Bonchev–Trinajstić information content (AvgIpc) is 3.13. The summed E-state index contributed by atoms with van der Waals surface area (Å²) in [6.07, 6.45) is 0.291. The highest BCUT2D eigenvalue weighted by Crippen LogP contribution is 2.44. The first kappa shape index (κ1) is 26.5. The van der Waals surface area contributed by atoms with Crippen LogP contribution < -0.4 is 5.32 Å². The van der Waals surface area contributed by atoms with Crippen LogP contribution in [0.25, 0.3) is 11.2 Å². The van der Waals surface area contributed by atoms with Crippen LogP contribution in [0.5, 0.6) is 0 Å². The molecule has 3 aliphatic rings. The Morgan fingerprint density at radius 2 is 1.95 bits per heavy atom. The van der Waals surface area contributed by atoms with Crippen molar-refractivity contribution in [3.63, 3.8) is 0 Å². The van der Waals surface area contributed by atoms with Gasteiger partial charge in [0.2, 0.25) is 0 Å². The zero-order valence-electron chi connectivity index (χ0n) is 20.2. The minimum atomic E-state index is -4.86. The summed E-state index contributed by atoms with van der Waals surface area (Å²) in [5.74, 6) is 5.47. The molecule has 1 saturated heterocycles. The van der Waals surface area contributed by atoms with Gasteiger partial charge in [0.1, 0.15) is 24.0 Å². The molecular formula is C22H30N5O8PS. The maximum absolute atomic E-state index is 12.2. The molecule has 2 aromatic heterocycles. The summed E-state index contributed by atoms with van der Waals surface area (Å²) in [5, 5.41) is 33.0. The van der Waals surface area contributed by atoms with Crippen molar-refractivity contribution >= 4 is 34.3 Å². The van der Waals surface area contributed by atoms with Crippen molar-refractivity contribution in [3.05, 3.63) is 11.8 Å². The number of hydrogen-bond donors (Lipinski definition) is 5. The van der Waals surface area contributed by atoms with E-state index in [2.05, 4.69) is 39.4 Å². The number of fused-ring (bicyclic) bond motifs is 1. The predicted octanol–water partition coefficient (Wildman–Crippen LogP) is 0.502. The number of nitrogens with zero attached hydrogens (tertiary/aromatic N) is 4. The summed E-state index contributed by atoms with van der Waals surface area (Å²) in [6, 6.07) is 2.08. The van der Waals surface area contributed by atoms with Crippen molar-refractivity contribution in [1.82, 2.24) is 20.0 Å².